The van der Waals surface area contributed by atoms with E-state index in [1.165, 1.54) is 11.8 Å². The summed E-state index contributed by atoms with van der Waals surface area (Å²) in [5.41, 5.74) is 1.33. The lowest BCUT2D eigenvalue weighted by atomic mass is 10.0. The van der Waals surface area contributed by atoms with Crippen molar-refractivity contribution >= 4 is 22.8 Å². The van der Waals surface area contributed by atoms with Gasteiger partial charge in [-0.1, -0.05) is 49.9 Å². The number of carboxylic acids is 1. The number of carbonyl (C=O) groups is 2. The fourth-order valence-corrected chi connectivity index (χ4v) is 2.03. The predicted octanol–water partition coefficient (Wildman–Crippen LogP) is 3.16. The van der Waals surface area contributed by atoms with Crippen LogP contribution in [-0.2, 0) is 4.79 Å². The van der Waals surface area contributed by atoms with Crippen molar-refractivity contribution < 1.29 is 14.7 Å². The zero-order valence-corrected chi connectivity index (χ0v) is 11.0. The zero-order valence-electron chi connectivity index (χ0n) is 10.1. The average Bonchev–Trinajstić information content (AvgIpc) is 2.27. The first-order chi connectivity index (χ1) is 7.91. The lowest BCUT2D eigenvalue weighted by Crippen LogP contribution is -2.07. The highest BCUT2D eigenvalue weighted by Crippen LogP contribution is 2.20. The zero-order chi connectivity index (χ0) is 13.0. The monoisotopic (exact) mass is 252 g/mol. The fraction of sp³-hybridized carbons (Fsp3) is 0.385. The molecular formula is C13H16O3S. The highest BCUT2D eigenvalue weighted by atomic mass is 32.2. The molecule has 0 fully saturated rings. The fourth-order valence-electron chi connectivity index (χ4n) is 1.33. The van der Waals surface area contributed by atoms with Crippen LogP contribution >= 0.6 is 11.8 Å². The van der Waals surface area contributed by atoms with Crippen LogP contribution in [0.2, 0.25) is 0 Å². The molecule has 1 aromatic rings. The molecule has 0 aliphatic rings. The Morgan fingerprint density at radius 1 is 1.12 bits per heavy atom. The first-order valence-electron chi connectivity index (χ1n) is 5.45. The minimum atomic E-state index is -0.861. The maximum absolute atomic E-state index is 11.7. The summed E-state index contributed by atoms with van der Waals surface area (Å²) < 4.78 is 0. The molecule has 1 N–H and O–H groups in total. The van der Waals surface area contributed by atoms with E-state index in [2.05, 4.69) is 0 Å². The molecule has 1 aromatic carbocycles. The van der Waals surface area contributed by atoms with Gasteiger partial charge in [-0.2, -0.15) is 0 Å². The van der Waals surface area contributed by atoms with Crippen LogP contribution in [0.25, 0.3) is 0 Å². The summed E-state index contributed by atoms with van der Waals surface area (Å²) in [6.07, 6.45) is 0. The van der Waals surface area contributed by atoms with E-state index < -0.39 is 11.9 Å². The van der Waals surface area contributed by atoms with Gasteiger partial charge in [0.25, 0.3) is 0 Å². The van der Waals surface area contributed by atoms with Gasteiger partial charge in [0.1, 0.15) is 0 Å². The molecule has 1 unspecified atom stereocenters. The Labute approximate surface area is 105 Å². The van der Waals surface area contributed by atoms with Gasteiger partial charge in [0.05, 0.1) is 5.92 Å². The van der Waals surface area contributed by atoms with Crippen molar-refractivity contribution in [2.75, 3.05) is 0 Å². The van der Waals surface area contributed by atoms with Gasteiger partial charge in [-0.15, -0.1) is 0 Å². The molecule has 1 atom stereocenters. The third-order valence-electron chi connectivity index (χ3n) is 2.36. The van der Waals surface area contributed by atoms with Gasteiger partial charge in [-0.05, 0) is 12.5 Å². The number of carbonyl (C=O) groups excluding carboxylic acids is 1. The number of aliphatic carboxylic acids is 1. The molecule has 0 aliphatic carbocycles. The van der Waals surface area contributed by atoms with Gasteiger partial charge in [-0.3, -0.25) is 9.59 Å². The largest absolute Gasteiger partial charge is 0.481 e. The predicted molar refractivity (Wildman–Crippen MR) is 69.6 cm³/mol. The lowest BCUT2D eigenvalue weighted by molar-refractivity contribution is -0.138. The first-order valence-corrected chi connectivity index (χ1v) is 6.33. The van der Waals surface area contributed by atoms with E-state index in [-0.39, 0.29) is 10.4 Å². The molecule has 1 rings (SSSR count). The van der Waals surface area contributed by atoms with E-state index in [1.807, 2.05) is 13.8 Å². The van der Waals surface area contributed by atoms with E-state index >= 15 is 0 Å². The van der Waals surface area contributed by atoms with Gasteiger partial charge >= 0.3 is 5.97 Å². The Morgan fingerprint density at radius 2 is 1.65 bits per heavy atom. The second kappa shape index (κ2) is 5.87. The van der Waals surface area contributed by atoms with E-state index in [0.717, 1.165) is 0 Å². The molecule has 4 heteroatoms. The van der Waals surface area contributed by atoms with E-state index in [1.54, 1.807) is 31.2 Å². The molecule has 92 valence electrons. The first kappa shape index (κ1) is 13.8. The second-order valence-electron chi connectivity index (χ2n) is 4.14. The summed E-state index contributed by atoms with van der Waals surface area (Å²) in [6.45, 7) is 5.55. The summed E-state index contributed by atoms with van der Waals surface area (Å²) in [4.78, 5) is 22.5. The highest BCUT2D eigenvalue weighted by Gasteiger charge is 2.14. The van der Waals surface area contributed by atoms with Crippen molar-refractivity contribution in [2.24, 2.45) is 0 Å². The molecule has 0 spiro atoms. The number of benzene rings is 1. The molecule has 0 aromatic heterocycles. The molecule has 0 aliphatic heterocycles. The molecular weight excluding hydrogens is 236 g/mol. The maximum Gasteiger partial charge on any atom is 0.310 e. The van der Waals surface area contributed by atoms with E-state index in [0.29, 0.717) is 11.1 Å². The van der Waals surface area contributed by atoms with Crippen LogP contribution in [0.15, 0.2) is 24.3 Å². The number of hydrogen-bond donors (Lipinski definition) is 1. The van der Waals surface area contributed by atoms with Crippen LogP contribution in [0.1, 0.15) is 42.6 Å². The topological polar surface area (TPSA) is 54.4 Å². The maximum atomic E-state index is 11.7. The minimum Gasteiger partial charge on any atom is -0.481 e. The Morgan fingerprint density at radius 3 is 2.06 bits per heavy atom. The molecule has 0 radical (unpaired) electrons. The number of thioether (sulfide) groups is 1. The van der Waals surface area contributed by atoms with Gasteiger partial charge in [0.2, 0.25) is 5.12 Å². The van der Waals surface area contributed by atoms with E-state index in [4.69, 9.17) is 5.11 Å². The van der Waals surface area contributed by atoms with Crippen molar-refractivity contribution in [1.82, 2.24) is 0 Å². The Kier molecular flexibility index (Phi) is 4.75. The van der Waals surface area contributed by atoms with Crippen molar-refractivity contribution in [1.29, 1.82) is 0 Å². The van der Waals surface area contributed by atoms with Gasteiger partial charge < -0.3 is 5.11 Å². The summed E-state index contributed by atoms with van der Waals surface area (Å²) >= 11 is 1.27. The van der Waals surface area contributed by atoms with Crippen molar-refractivity contribution in [2.45, 2.75) is 31.9 Å². The van der Waals surface area contributed by atoms with Gasteiger partial charge in [0, 0.05) is 10.8 Å². The summed E-state index contributed by atoms with van der Waals surface area (Å²) in [6, 6.07) is 6.78. The van der Waals surface area contributed by atoms with Crippen LogP contribution in [0.5, 0.6) is 0 Å². The quantitative estimate of drug-likeness (QED) is 0.894. The van der Waals surface area contributed by atoms with Crippen molar-refractivity contribution in [3.63, 3.8) is 0 Å². The molecule has 0 amide bonds. The normalized spacial score (nSPS) is 12.5. The Balaban J connectivity index is 2.81. The summed E-state index contributed by atoms with van der Waals surface area (Å²) in [5.74, 6) is -1.41. The minimum absolute atomic E-state index is 0.0227. The van der Waals surface area contributed by atoms with Crippen LogP contribution in [0.4, 0.5) is 0 Å². The SMILES string of the molecule is CC(C)SC(=O)c1ccc(C(C)C(=O)O)cc1. The second-order valence-corrected chi connectivity index (χ2v) is 5.69. The van der Waals surface area contributed by atoms with Crippen LogP contribution in [0.3, 0.4) is 0 Å². The lowest BCUT2D eigenvalue weighted by Gasteiger charge is -2.08. The third kappa shape index (κ3) is 3.89. The van der Waals surface area contributed by atoms with Crippen LogP contribution in [-0.4, -0.2) is 21.4 Å². The van der Waals surface area contributed by atoms with Crippen molar-refractivity contribution in [3.05, 3.63) is 35.4 Å². The smallest absolute Gasteiger partial charge is 0.310 e. The van der Waals surface area contributed by atoms with Crippen LogP contribution in [0, 0.1) is 0 Å². The molecule has 17 heavy (non-hydrogen) atoms. The number of rotatable bonds is 4. The number of carboxylic acid groups (broad SMARTS) is 1. The van der Waals surface area contributed by atoms with Gasteiger partial charge in [-0.25, -0.2) is 0 Å². The third-order valence-corrected chi connectivity index (χ3v) is 3.28. The summed E-state index contributed by atoms with van der Waals surface area (Å²) in [5, 5.41) is 9.13. The molecule has 0 saturated heterocycles. The molecule has 0 heterocycles. The molecule has 0 bridgehead atoms. The van der Waals surface area contributed by atoms with Crippen molar-refractivity contribution in [3.8, 4) is 0 Å². The number of hydrogen-bond acceptors (Lipinski definition) is 3. The van der Waals surface area contributed by atoms with Gasteiger partial charge in [0.15, 0.2) is 0 Å². The average molecular weight is 252 g/mol. The van der Waals surface area contributed by atoms with E-state index in [9.17, 15) is 9.59 Å². The summed E-state index contributed by atoms with van der Waals surface area (Å²) in [7, 11) is 0. The molecule has 3 nitrogen and oxygen atoms in total. The highest BCUT2D eigenvalue weighted by molar-refractivity contribution is 8.14. The van der Waals surface area contributed by atoms with Crippen LogP contribution < -0.4 is 0 Å². The Hall–Kier alpha value is -1.29. The standard InChI is InChI=1S/C13H16O3S/c1-8(2)17-13(16)11-6-4-10(5-7-11)9(3)12(14)15/h4-9H,1-3H3,(H,14,15). The Bertz CT molecular complexity index is 409. The molecule has 0 saturated carbocycles.